The highest BCUT2D eigenvalue weighted by atomic mass is 19.3. The van der Waals surface area contributed by atoms with E-state index in [0.717, 1.165) is 0 Å². The van der Waals surface area contributed by atoms with Gasteiger partial charge in [-0.2, -0.15) is 8.78 Å². The van der Waals surface area contributed by atoms with Crippen LogP contribution in [0.2, 0.25) is 0 Å². The van der Waals surface area contributed by atoms with Crippen molar-refractivity contribution < 1.29 is 27.8 Å². The van der Waals surface area contributed by atoms with Crippen molar-refractivity contribution in [1.29, 1.82) is 0 Å². The smallest absolute Gasteiger partial charge is 0.387 e. The third kappa shape index (κ3) is 5.09. The fraction of sp³-hybridized carbons (Fsp3) is 0.417. The number of ether oxygens (including phenoxy) is 3. The summed E-state index contributed by atoms with van der Waals surface area (Å²) in [7, 11) is 0. The SMILES string of the molecule is CCOCCOC(=O)c1cccc(OC(F)F)c1. The lowest BCUT2D eigenvalue weighted by molar-refractivity contribution is -0.0499. The highest BCUT2D eigenvalue weighted by Crippen LogP contribution is 2.16. The first kappa shape index (κ1) is 14.4. The van der Waals surface area contributed by atoms with Gasteiger partial charge in [-0.05, 0) is 25.1 Å². The van der Waals surface area contributed by atoms with E-state index in [1.54, 1.807) is 0 Å². The molecule has 0 aliphatic rings. The second-order valence-electron chi connectivity index (χ2n) is 3.24. The predicted molar refractivity (Wildman–Crippen MR) is 59.8 cm³/mol. The van der Waals surface area contributed by atoms with Crippen LogP contribution in [0, 0.1) is 0 Å². The Labute approximate surface area is 103 Å². The Morgan fingerprint density at radius 3 is 2.78 bits per heavy atom. The Morgan fingerprint density at radius 1 is 1.33 bits per heavy atom. The Balaban J connectivity index is 2.51. The minimum atomic E-state index is -2.92. The topological polar surface area (TPSA) is 44.8 Å². The van der Waals surface area contributed by atoms with Gasteiger partial charge in [-0.25, -0.2) is 4.79 Å². The number of benzene rings is 1. The highest BCUT2D eigenvalue weighted by molar-refractivity contribution is 5.89. The molecule has 0 heterocycles. The summed E-state index contributed by atoms with van der Waals surface area (Å²) in [5.74, 6) is -0.682. The van der Waals surface area contributed by atoms with Crippen LogP contribution in [0.3, 0.4) is 0 Å². The third-order valence-corrected chi connectivity index (χ3v) is 1.96. The molecule has 0 saturated carbocycles. The Morgan fingerprint density at radius 2 is 2.11 bits per heavy atom. The third-order valence-electron chi connectivity index (χ3n) is 1.96. The van der Waals surface area contributed by atoms with Crippen molar-refractivity contribution in [1.82, 2.24) is 0 Å². The molecular formula is C12H14F2O4. The molecule has 1 aromatic carbocycles. The lowest BCUT2D eigenvalue weighted by Gasteiger charge is -2.07. The lowest BCUT2D eigenvalue weighted by atomic mass is 10.2. The molecule has 0 aliphatic carbocycles. The van der Waals surface area contributed by atoms with Gasteiger partial charge in [0.05, 0.1) is 12.2 Å². The van der Waals surface area contributed by atoms with Crippen molar-refractivity contribution in [2.24, 2.45) is 0 Å². The van der Waals surface area contributed by atoms with E-state index in [9.17, 15) is 13.6 Å². The van der Waals surface area contributed by atoms with Gasteiger partial charge in [0.2, 0.25) is 0 Å². The molecule has 1 rings (SSSR count). The molecule has 0 amide bonds. The van der Waals surface area contributed by atoms with E-state index in [0.29, 0.717) is 13.2 Å². The molecule has 0 atom stereocenters. The maximum absolute atomic E-state index is 12.0. The predicted octanol–water partition coefficient (Wildman–Crippen LogP) is 2.48. The molecule has 0 bridgehead atoms. The molecule has 0 unspecified atom stereocenters. The summed E-state index contributed by atoms with van der Waals surface area (Å²) in [4.78, 5) is 11.5. The second-order valence-corrected chi connectivity index (χ2v) is 3.24. The molecule has 0 aromatic heterocycles. The molecule has 6 heteroatoms. The van der Waals surface area contributed by atoms with Crippen LogP contribution in [-0.4, -0.2) is 32.4 Å². The fourth-order valence-electron chi connectivity index (χ4n) is 1.22. The van der Waals surface area contributed by atoms with Crippen LogP contribution in [-0.2, 0) is 9.47 Å². The number of carbonyl (C=O) groups is 1. The first-order valence-corrected chi connectivity index (χ1v) is 5.43. The molecule has 0 fully saturated rings. The highest BCUT2D eigenvalue weighted by Gasteiger charge is 2.10. The molecule has 0 radical (unpaired) electrons. The van der Waals surface area contributed by atoms with Crippen molar-refractivity contribution in [2.45, 2.75) is 13.5 Å². The summed E-state index contributed by atoms with van der Waals surface area (Å²) in [5, 5.41) is 0. The van der Waals surface area contributed by atoms with Gasteiger partial charge in [0.1, 0.15) is 12.4 Å². The number of alkyl halides is 2. The zero-order chi connectivity index (χ0) is 13.4. The van der Waals surface area contributed by atoms with Crippen molar-refractivity contribution in [3.05, 3.63) is 29.8 Å². The molecule has 18 heavy (non-hydrogen) atoms. The van der Waals surface area contributed by atoms with Crippen LogP contribution in [0.1, 0.15) is 17.3 Å². The number of hydrogen-bond acceptors (Lipinski definition) is 4. The Kier molecular flexibility index (Phi) is 6.07. The average molecular weight is 260 g/mol. The summed E-state index contributed by atoms with van der Waals surface area (Å²) in [5.41, 5.74) is 0.157. The standard InChI is InChI=1S/C12H14F2O4/c1-2-16-6-7-17-11(15)9-4-3-5-10(8-9)18-12(13)14/h3-5,8,12H,2,6-7H2,1H3. The molecule has 0 aliphatic heterocycles. The largest absolute Gasteiger partial charge is 0.460 e. The van der Waals surface area contributed by atoms with Crippen LogP contribution in [0.15, 0.2) is 24.3 Å². The summed E-state index contributed by atoms with van der Waals surface area (Å²) in [6.45, 7) is -0.140. The van der Waals surface area contributed by atoms with Gasteiger partial charge in [0.15, 0.2) is 0 Å². The molecule has 0 N–H and O–H groups in total. The molecular weight excluding hydrogens is 246 g/mol. The first-order chi connectivity index (χ1) is 8.63. The van der Waals surface area contributed by atoms with Crippen LogP contribution < -0.4 is 4.74 Å². The number of hydrogen-bond donors (Lipinski definition) is 0. The molecule has 100 valence electrons. The zero-order valence-corrected chi connectivity index (χ0v) is 9.90. The average Bonchev–Trinajstić information content (AvgIpc) is 2.34. The maximum atomic E-state index is 12.0. The number of esters is 1. The molecule has 0 spiro atoms. The maximum Gasteiger partial charge on any atom is 0.387 e. The minimum absolute atomic E-state index is 0.0794. The van der Waals surface area contributed by atoms with E-state index in [4.69, 9.17) is 9.47 Å². The van der Waals surface area contributed by atoms with E-state index >= 15 is 0 Å². The van der Waals surface area contributed by atoms with Gasteiger partial charge in [-0.15, -0.1) is 0 Å². The van der Waals surface area contributed by atoms with Crippen LogP contribution in [0.25, 0.3) is 0 Å². The lowest BCUT2D eigenvalue weighted by Crippen LogP contribution is -2.11. The first-order valence-electron chi connectivity index (χ1n) is 5.43. The normalized spacial score (nSPS) is 10.4. The van der Waals surface area contributed by atoms with Gasteiger partial charge in [-0.3, -0.25) is 0 Å². The minimum Gasteiger partial charge on any atom is -0.460 e. The van der Waals surface area contributed by atoms with E-state index in [2.05, 4.69) is 4.74 Å². The van der Waals surface area contributed by atoms with Gasteiger partial charge < -0.3 is 14.2 Å². The van der Waals surface area contributed by atoms with E-state index in [-0.39, 0.29) is 17.9 Å². The molecule has 4 nitrogen and oxygen atoms in total. The molecule has 1 aromatic rings. The van der Waals surface area contributed by atoms with Crippen molar-refractivity contribution in [3.63, 3.8) is 0 Å². The van der Waals surface area contributed by atoms with Crippen LogP contribution in [0.4, 0.5) is 8.78 Å². The number of rotatable bonds is 7. The van der Waals surface area contributed by atoms with Crippen molar-refractivity contribution >= 4 is 5.97 Å². The Bertz CT molecular complexity index is 382. The number of carbonyl (C=O) groups excluding carboxylic acids is 1. The summed E-state index contributed by atoms with van der Waals surface area (Å²) in [6, 6.07) is 5.44. The van der Waals surface area contributed by atoms with Gasteiger partial charge in [0, 0.05) is 6.61 Å². The van der Waals surface area contributed by atoms with Crippen LogP contribution in [0.5, 0.6) is 5.75 Å². The molecule has 0 saturated heterocycles. The number of halogens is 2. The van der Waals surface area contributed by atoms with Gasteiger partial charge in [-0.1, -0.05) is 6.07 Å². The quantitative estimate of drug-likeness (QED) is 0.558. The van der Waals surface area contributed by atoms with Crippen LogP contribution >= 0.6 is 0 Å². The van der Waals surface area contributed by atoms with E-state index in [1.807, 2.05) is 6.92 Å². The van der Waals surface area contributed by atoms with E-state index < -0.39 is 12.6 Å². The van der Waals surface area contributed by atoms with Gasteiger partial charge in [0.25, 0.3) is 0 Å². The Hall–Kier alpha value is -1.69. The second kappa shape index (κ2) is 7.60. The fourth-order valence-corrected chi connectivity index (χ4v) is 1.22. The van der Waals surface area contributed by atoms with Crippen molar-refractivity contribution in [3.8, 4) is 5.75 Å². The summed E-state index contributed by atoms with van der Waals surface area (Å²) < 4.78 is 38.0. The zero-order valence-electron chi connectivity index (χ0n) is 9.90. The summed E-state index contributed by atoms with van der Waals surface area (Å²) >= 11 is 0. The monoisotopic (exact) mass is 260 g/mol. The summed E-state index contributed by atoms with van der Waals surface area (Å²) in [6.07, 6.45) is 0. The van der Waals surface area contributed by atoms with Crippen molar-refractivity contribution in [2.75, 3.05) is 19.8 Å². The van der Waals surface area contributed by atoms with Gasteiger partial charge >= 0.3 is 12.6 Å². The van der Waals surface area contributed by atoms with E-state index in [1.165, 1.54) is 24.3 Å².